The van der Waals surface area contributed by atoms with Crippen LogP contribution < -0.4 is 5.32 Å². The summed E-state index contributed by atoms with van der Waals surface area (Å²) in [6.45, 7) is 2.10. The van der Waals surface area contributed by atoms with E-state index in [1.54, 1.807) is 6.92 Å². The topological polar surface area (TPSA) is 24.9 Å². The Kier molecular flexibility index (Phi) is 2.75. The smallest absolute Gasteiger partial charge is 0.370 e. The second-order valence-corrected chi connectivity index (χ2v) is 2.34. The molecule has 2 nitrogen and oxygen atoms in total. The molecule has 13 heavy (non-hydrogen) atoms. The van der Waals surface area contributed by atoms with Gasteiger partial charge in [-0.3, -0.25) is 0 Å². The fraction of sp³-hybridized carbons (Fsp3) is 0.375. The van der Waals surface area contributed by atoms with Gasteiger partial charge in [-0.15, -0.1) is 0 Å². The SMILES string of the molecule is CCNc1ncc[c]c1C(F)(F)F. The number of halogens is 3. The molecule has 0 bridgehead atoms. The van der Waals surface area contributed by atoms with E-state index in [4.69, 9.17) is 0 Å². The summed E-state index contributed by atoms with van der Waals surface area (Å²) < 4.78 is 36.8. The van der Waals surface area contributed by atoms with E-state index < -0.39 is 11.7 Å². The van der Waals surface area contributed by atoms with Crippen molar-refractivity contribution in [1.29, 1.82) is 0 Å². The van der Waals surface area contributed by atoms with E-state index in [0.717, 1.165) is 6.07 Å². The summed E-state index contributed by atoms with van der Waals surface area (Å²) in [5.41, 5.74) is -0.850. The summed E-state index contributed by atoms with van der Waals surface area (Å²) in [6.07, 6.45) is -3.13. The Balaban J connectivity index is 3.05. The molecule has 5 heteroatoms. The molecule has 0 saturated carbocycles. The highest BCUT2D eigenvalue weighted by atomic mass is 19.4. The molecular weight excluding hydrogens is 181 g/mol. The monoisotopic (exact) mass is 189 g/mol. The minimum Gasteiger partial charge on any atom is -0.370 e. The number of nitrogens with one attached hydrogen (secondary N) is 1. The maximum atomic E-state index is 12.3. The molecule has 0 aliphatic rings. The third kappa shape index (κ3) is 2.34. The highest BCUT2D eigenvalue weighted by Gasteiger charge is 2.34. The molecule has 1 aromatic rings. The van der Waals surface area contributed by atoms with Gasteiger partial charge in [0.15, 0.2) is 0 Å². The lowest BCUT2D eigenvalue weighted by molar-refractivity contribution is -0.137. The van der Waals surface area contributed by atoms with Crippen molar-refractivity contribution in [2.45, 2.75) is 13.1 Å². The van der Waals surface area contributed by atoms with Gasteiger partial charge in [0.25, 0.3) is 0 Å². The molecule has 0 spiro atoms. The van der Waals surface area contributed by atoms with Crippen LogP contribution in [-0.2, 0) is 6.18 Å². The molecule has 71 valence electrons. The molecule has 0 amide bonds. The van der Waals surface area contributed by atoms with E-state index in [2.05, 4.69) is 16.4 Å². The van der Waals surface area contributed by atoms with E-state index in [1.165, 1.54) is 6.20 Å². The summed E-state index contributed by atoms with van der Waals surface area (Å²) in [4.78, 5) is 3.57. The average Bonchev–Trinajstić information content (AvgIpc) is 2.04. The van der Waals surface area contributed by atoms with Gasteiger partial charge in [0.2, 0.25) is 0 Å². The maximum absolute atomic E-state index is 12.3. The highest BCUT2D eigenvalue weighted by molar-refractivity contribution is 5.44. The van der Waals surface area contributed by atoms with E-state index >= 15 is 0 Å². The van der Waals surface area contributed by atoms with E-state index in [0.29, 0.717) is 6.54 Å². The van der Waals surface area contributed by atoms with Crippen molar-refractivity contribution >= 4 is 5.82 Å². The summed E-state index contributed by atoms with van der Waals surface area (Å²) in [5.74, 6) is -0.169. The second kappa shape index (κ2) is 3.64. The van der Waals surface area contributed by atoms with Crippen LogP contribution in [0.1, 0.15) is 12.5 Å². The molecule has 0 atom stereocenters. The summed E-state index contributed by atoms with van der Waals surface area (Å²) in [7, 11) is 0. The Labute approximate surface area is 73.8 Å². The Morgan fingerprint density at radius 3 is 2.77 bits per heavy atom. The largest absolute Gasteiger partial charge is 0.420 e. The summed E-state index contributed by atoms with van der Waals surface area (Å²) in [5, 5.41) is 2.52. The minimum atomic E-state index is -4.40. The van der Waals surface area contributed by atoms with Gasteiger partial charge in [-0.25, -0.2) is 4.98 Å². The van der Waals surface area contributed by atoms with Crippen LogP contribution in [0.5, 0.6) is 0 Å². The zero-order valence-corrected chi connectivity index (χ0v) is 6.94. The fourth-order valence-corrected chi connectivity index (χ4v) is 0.883. The molecule has 0 aromatic carbocycles. The van der Waals surface area contributed by atoms with Gasteiger partial charge in [0.1, 0.15) is 11.4 Å². The van der Waals surface area contributed by atoms with Crippen molar-refractivity contribution in [3.05, 3.63) is 23.9 Å². The number of rotatable bonds is 2. The van der Waals surface area contributed by atoms with Crippen LogP contribution in [0, 0.1) is 6.07 Å². The Morgan fingerprint density at radius 2 is 2.23 bits per heavy atom. The van der Waals surface area contributed by atoms with Crippen LogP contribution in [0.15, 0.2) is 12.3 Å². The van der Waals surface area contributed by atoms with Crippen LogP contribution in [0.4, 0.5) is 19.0 Å². The summed E-state index contributed by atoms with van der Waals surface area (Å²) in [6, 6.07) is 3.25. The molecule has 1 heterocycles. The van der Waals surface area contributed by atoms with Crippen molar-refractivity contribution in [2.75, 3.05) is 11.9 Å². The average molecular weight is 189 g/mol. The molecule has 1 radical (unpaired) electrons. The number of hydrogen-bond donors (Lipinski definition) is 1. The predicted molar refractivity (Wildman–Crippen MR) is 42.2 cm³/mol. The first-order valence-corrected chi connectivity index (χ1v) is 3.73. The first-order chi connectivity index (χ1) is 6.05. The van der Waals surface area contributed by atoms with Crippen molar-refractivity contribution < 1.29 is 13.2 Å². The first-order valence-electron chi connectivity index (χ1n) is 3.73. The van der Waals surface area contributed by atoms with Crippen molar-refractivity contribution in [1.82, 2.24) is 4.98 Å². The normalized spacial score (nSPS) is 11.4. The van der Waals surface area contributed by atoms with Crippen LogP contribution in [0.3, 0.4) is 0 Å². The third-order valence-electron chi connectivity index (χ3n) is 1.37. The molecule has 1 N–H and O–H groups in total. The molecule has 0 unspecified atom stereocenters. The standard InChI is InChI=1S/C8H8F3N2/c1-2-12-7-6(8(9,10)11)4-3-5-13-7/h3,5H,2H2,1H3,(H,12,13). The molecule has 0 aliphatic carbocycles. The molecule has 0 fully saturated rings. The number of hydrogen-bond acceptors (Lipinski definition) is 2. The number of pyridine rings is 1. The lowest BCUT2D eigenvalue weighted by Gasteiger charge is -2.10. The Bertz CT molecular complexity index is 283. The van der Waals surface area contributed by atoms with Gasteiger partial charge in [0.05, 0.1) is 0 Å². The van der Waals surface area contributed by atoms with E-state index in [1.807, 2.05) is 0 Å². The van der Waals surface area contributed by atoms with Gasteiger partial charge in [0, 0.05) is 12.7 Å². The van der Waals surface area contributed by atoms with E-state index in [9.17, 15) is 13.2 Å². The first kappa shape index (κ1) is 9.83. The van der Waals surface area contributed by atoms with Gasteiger partial charge in [-0.05, 0) is 19.1 Å². The number of anilines is 1. The quantitative estimate of drug-likeness (QED) is 0.772. The van der Waals surface area contributed by atoms with Crippen molar-refractivity contribution in [3.63, 3.8) is 0 Å². The van der Waals surface area contributed by atoms with Gasteiger partial charge in [-0.1, -0.05) is 0 Å². The molecule has 0 aliphatic heterocycles. The lowest BCUT2D eigenvalue weighted by atomic mass is 10.2. The van der Waals surface area contributed by atoms with Crippen LogP contribution in [0.25, 0.3) is 0 Å². The number of aromatic nitrogens is 1. The predicted octanol–water partition coefficient (Wildman–Crippen LogP) is 2.33. The molecule has 1 aromatic heterocycles. The van der Waals surface area contributed by atoms with Crippen LogP contribution >= 0.6 is 0 Å². The zero-order valence-electron chi connectivity index (χ0n) is 6.94. The van der Waals surface area contributed by atoms with Crippen molar-refractivity contribution in [2.24, 2.45) is 0 Å². The van der Waals surface area contributed by atoms with Gasteiger partial charge >= 0.3 is 6.18 Å². The Hall–Kier alpha value is -1.26. The van der Waals surface area contributed by atoms with Crippen LogP contribution in [0.2, 0.25) is 0 Å². The molecule has 1 rings (SSSR count). The van der Waals surface area contributed by atoms with Crippen molar-refractivity contribution in [3.8, 4) is 0 Å². The van der Waals surface area contributed by atoms with Gasteiger partial charge < -0.3 is 5.32 Å². The fourth-order valence-electron chi connectivity index (χ4n) is 0.883. The zero-order chi connectivity index (χ0) is 9.90. The Morgan fingerprint density at radius 1 is 1.54 bits per heavy atom. The molecule has 0 saturated heterocycles. The number of nitrogens with zero attached hydrogens (tertiary/aromatic N) is 1. The summed E-state index contributed by atoms with van der Waals surface area (Å²) >= 11 is 0. The highest BCUT2D eigenvalue weighted by Crippen LogP contribution is 2.32. The molecular formula is C8H8F3N2. The van der Waals surface area contributed by atoms with E-state index in [-0.39, 0.29) is 5.82 Å². The van der Waals surface area contributed by atoms with Crippen LogP contribution in [-0.4, -0.2) is 11.5 Å². The lowest BCUT2D eigenvalue weighted by Crippen LogP contribution is -2.11. The maximum Gasteiger partial charge on any atom is 0.420 e. The third-order valence-corrected chi connectivity index (χ3v) is 1.37. The second-order valence-electron chi connectivity index (χ2n) is 2.34. The van der Waals surface area contributed by atoms with Gasteiger partial charge in [-0.2, -0.15) is 13.2 Å². The number of alkyl halides is 3. The minimum absolute atomic E-state index is 0.169.